The van der Waals surface area contributed by atoms with Crippen LogP contribution >= 0.6 is 12.4 Å². The summed E-state index contributed by atoms with van der Waals surface area (Å²) in [5.41, 5.74) is 1.10. The van der Waals surface area contributed by atoms with Crippen LogP contribution in [-0.4, -0.2) is 39.0 Å². The first-order valence-electron chi connectivity index (χ1n) is 4.47. The van der Waals surface area contributed by atoms with Crippen LogP contribution in [0.2, 0.25) is 0 Å². The number of halogens is 1. The molecular formula is C11H17ClN2O. The van der Waals surface area contributed by atoms with Gasteiger partial charge in [0, 0.05) is 26.7 Å². The Morgan fingerprint density at radius 2 is 1.73 bits per heavy atom. The Kier molecular flexibility index (Phi) is 5.79. The van der Waals surface area contributed by atoms with Crippen molar-refractivity contribution in [1.29, 1.82) is 0 Å². The second-order valence-electron chi connectivity index (χ2n) is 3.17. The molecule has 0 fully saturated rings. The number of hydrogen-bond donors (Lipinski definition) is 0. The second kappa shape index (κ2) is 6.30. The number of nitrogens with zero attached hydrogens (tertiary/aromatic N) is 2. The van der Waals surface area contributed by atoms with Crippen molar-refractivity contribution < 1.29 is 4.74 Å². The van der Waals surface area contributed by atoms with Crippen molar-refractivity contribution in [3.05, 3.63) is 29.8 Å². The Balaban J connectivity index is 0.00000196. The Hall–Kier alpha value is -1.22. The summed E-state index contributed by atoms with van der Waals surface area (Å²) in [7, 11) is 7.41. The zero-order valence-corrected chi connectivity index (χ0v) is 10.3. The third kappa shape index (κ3) is 3.44. The fourth-order valence-electron chi connectivity index (χ4n) is 1.33. The van der Waals surface area contributed by atoms with Crippen molar-refractivity contribution in [1.82, 2.24) is 4.90 Å². The fraction of sp³-hybridized carbons (Fsp3) is 0.364. The van der Waals surface area contributed by atoms with E-state index in [9.17, 15) is 0 Å². The largest absolute Gasteiger partial charge is 0.497 e. The summed E-state index contributed by atoms with van der Waals surface area (Å²) in [6, 6.07) is 7.87. The van der Waals surface area contributed by atoms with E-state index in [1.54, 1.807) is 14.2 Å². The molecule has 0 N–H and O–H groups in total. The van der Waals surface area contributed by atoms with Gasteiger partial charge in [-0.2, -0.15) is 0 Å². The molecule has 3 nitrogen and oxygen atoms in total. The van der Waals surface area contributed by atoms with Crippen LogP contribution in [0.4, 0.5) is 0 Å². The van der Waals surface area contributed by atoms with Gasteiger partial charge in [-0.1, -0.05) is 0 Å². The molecule has 84 valence electrons. The Morgan fingerprint density at radius 1 is 1.20 bits per heavy atom. The van der Waals surface area contributed by atoms with Gasteiger partial charge < -0.3 is 9.64 Å². The van der Waals surface area contributed by atoms with Gasteiger partial charge in [-0.25, -0.2) is 0 Å². The minimum absolute atomic E-state index is 0. The number of ether oxygens (including phenoxy) is 1. The van der Waals surface area contributed by atoms with Gasteiger partial charge in [-0.15, -0.1) is 12.4 Å². The summed E-state index contributed by atoms with van der Waals surface area (Å²) in [6.45, 7) is 0. The molecule has 0 bridgehead atoms. The maximum atomic E-state index is 5.09. The van der Waals surface area contributed by atoms with Crippen LogP contribution in [0, 0.1) is 0 Å². The van der Waals surface area contributed by atoms with Crippen molar-refractivity contribution >= 4 is 18.2 Å². The number of rotatable bonds is 2. The quantitative estimate of drug-likeness (QED) is 0.572. The lowest BCUT2D eigenvalue weighted by molar-refractivity contribution is 0.414. The van der Waals surface area contributed by atoms with Gasteiger partial charge in [0.25, 0.3) is 0 Å². The summed E-state index contributed by atoms with van der Waals surface area (Å²) in [5.74, 6) is 1.83. The van der Waals surface area contributed by atoms with Crippen LogP contribution in [0.15, 0.2) is 29.3 Å². The lowest BCUT2D eigenvalue weighted by atomic mass is 10.2. The molecule has 0 spiro atoms. The third-order valence-corrected chi connectivity index (χ3v) is 1.98. The van der Waals surface area contributed by atoms with Crippen LogP contribution in [0.5, 0.6) is 5.75 Å². The molecule has 0 radical (unpaired) electrons. The summed E-state index contributed by atoms with van der Waals surface area (Å²) >= 11 is 0. The zero-order valence-electron chi connectivity index (χ0n) is 9.52. The molecule has 0 aliphatic heterocycles. The van der Waals surface area contributed by atoms with Crippen molar-refractivity contribution in [2.24, 2.45) is 4.99 Å². The van der Waals surface area contributed by atoms with Gasteiger partial charge in [0.05, 0.1) is 7.11 Å². The first kappa shape index (κ1) is 13.8. The first-order valence-corrected chi connectivity index (χ1v) is 4.47. The monoisotopic (exact) mass is 228 g/mol. The Labute approximate surface area is 97.2 Å². The molecule has 0 aliphatic rings. The van der Waals surface area contributed by atoms with Gasteiger partial charge in [0.2, 0.25) is 0 Å². The van der Waals surface area contributed by atoms with Crippen LogP contribution in [0.1, 0.15) is 5.56 Å². The molecule has 0 saturated carbocycles. The first-order chi connectivity index (χ1) is 6.69. The molecule has 0 atom stereocenters. The molecule has 15 heavy (non-hydrogen) atoms. The van der Waals surface area contributed by atoms with E-state index >= 15 is 0 Å². The smallest absolute Gasteiger partial charge is 0.130 e. The average Bonchev–Trinajstić information content (AvgIpc) is 2.19. The summed E-state index contributed by atoms with van der Waals surface area (Å²) in [4.78, 5) is 6.20. The molecular weight excluding hydrogens is 212 g/mol. The number of hydrogen-bond acceptors (Lipinski definition) is 2. The highest BCUT2D eigenvalue weighted by molar-refractivity contribution is 5.98. The van der Waals surface area contributed by atoms with E-state index in [2.05, 4.69) is 4.99 Å². The van der Waals surface area contributed by atoms with Crippen LogP contribution < -0.4 is 4.74 Å². The highest BCUT2D eigenvalue weighted by Gasteiger charge is 2.04. The van der Waals surface area contributed by atoms with E-state index in [4.69, 9.17) is 4.74 Å². The normalized spacial score (nSPS) is 10.5. The summed E-state index contributed by atoms with van der Waals surface area (Å²) in [6.07, 6.45) is 0. The summed E-state index contributed by atoms with van der Waals surface area (Å²) in [5, 5.41) is 0. The fourth-order valence-corrected chi connectivity index (χ4v) is 1.33. The second-order valence-corrected chi connectivity index (χ2v) is 3.17. The van der Waals surface area contributed by atoms with Gasteiger partial charge in [0.1, 0.15) is 11.6 Å². The van der Waals surface area contributed by atoms with Crippen molar-refractivity contribution in [2.45, 2.75) is 0 Å². The molecule has 0 saturated heterocycles. The third-order valence-electron chi connectivity index (χ3n) is 1.98. The molecule has 0 unspecified atom stereocenters. The SMILES string of the molecule is CN=C(c1ccc(OC)cc1)N(C)C.Cl. The minimum Gasteiger partial charge on any atom is -0.497 e. The van der Waals surface area contributed by atoms with E-state index in [0.29, 0.717) is 0 Å². The number of methoxy groups -OCH3 is 1. The summed E-state index contributed by atoms with van der Waals surface area (Å²) < 4.78 is 5.09. The molecule has 0 amide bonds. The van der Waals surface area contributed by atoms with Crippen molar-refractivity contribution in [2.75, 3.05) is 28.3 Å². The zero-order chi connectivity index (χ0) is 10.6. The standard InChI is InChI=1S/C11H16N2O.ClH/c1-12-11(13(2)3)9-5-7-10(14-4)8-6-9;/h5-8H,1-4H3;1H. The lowest BCUT2D eigenvalue weighted by Gasteiger charge is -2.15. The predicted octanol–water partition coefficient (Wildman–Crippen LogP) is 2.06. The predicted molar refractivity (Wildman–Crippen MR) is 66.4 cm³/mol. The van der Waals surface area contributed by atoms with Crippen LogP contribution in [-0.2, 0) is 0 Å². The maximum absolute atomic E-state index is 5.09. The van der Waals surface area contributed by atoms with Gasteiger partial charge >= 0.3 is 0 Å². The van der Waals surface area contributed by atoms with E-state index in [0.717, 1.165) is 17.1 Å². The molecule has 4 heteroatoms. The van der Waals surface area contributed by atoms with E-state index < -0.39 is 0 Å². The van der Waals surface area contributed by atoms with E-state index in [1.807, 2.05) is 43.3 Å². The van der Waals surface area contributed by atoms with Crippen LogP contribution in [0.3, 0.4) is 0 Å². The molecule has 1 aromatic rings. The van der Waals surface area contributed by atoms with Gasteiger partial charge in [-0.3, -0.25) is 4.99 Å². The number of amidine groups is 1. The molecule has 0 aromatic heterocycles. The van der Waals surface area contributed by atoms with Gasteiger partial charge in [-0.05, 0) is 24.3 Å². The molecule has 1 aromatic carbocycles. The van der Waals surface area contributed by atoms with Gasteiger partial charge in [0.15, 0.2) is 0 Å². The molecule has 1 rings (SSSR count). The van der Waals surface area contributed by atoms with Crippen molar-refractivity contribution in [3.8, 4) is 5.75 Å². The van der Waals surface area contributed by atoms with E-state index in [-0.39, 0.29) is 12.4 Å². The number of aliphatic imine (C=N–C) groups is 1. The maximum Gasteiger partial charge on any atom is 0.130 e. The number of benzene rings is 1. The Morgan fingerprint density at radius 3 is 2.07 bits per heavy atom. The molecule has 0 aliphatic carbocycles. The average molecular weight is 229 g/mol. The van der Waals surface area contributed by atoms with Crippen molar-refractivity contribution in [3.63, 3.8) is 0 Å². The topological polar surface area (TPSA) is 24.8 Å². The van der Waals surface area contributed by atoms with E-state index in [1.165, 1.54) is 0 Å². The van der Waals surface area contributed by atoms with Crippen LogP contribution in [0.25, 0.3) is 0 Å². The minimum atomic E-state index is 0. The Bertz CT molecular complexity index is 320. The lowest BCUT2D eigenvalue weighted by Crippen LogP contribution is -2.22. The highest BCUT2D eigenvalue weighted by atomic mass is 35.5. The highest BCUT2D eigenvalue weighted by Crippen LogP contribution is 2.12. The molecule has 0 heterocycles.